The molecular formula is C6H9ClN2S. The van der Waals surface area contributed by atoms with Crippen molar-refractivity contribution in [2.45, 2.75) is 12.8 Å². The van der Waals surface area contributed by atoms with E-state index in [1.54, 1.807) is 11.3 Å². The number of rotatable bonds is 0. The molecule has 56 valence electrons. The number of anilines is 1. The molecule has 1 N–H and O–H groups in total. The molecule has 2 nitrogen and oxygen atoms in total. The third-order valence-corrected chi connectivity index (χ3v) is 2.41. The molecule has 1 aliphatic heterocycles. The van der Waals surface area contributed by atoms with E-state index in [0.29, 0.717) is 0 Å². The molecule has 0 spiro atoms. The Morgan fingerprint density at radius 2 is 2.50 bits per heavy atom. The second-order valence-electron chi connectivity index (χ2n) is 2.15. The van der Waals surface area contributed by atoms with E-state index in [-0.39, 0.29) is 12.4 Å². The summed E-state index contributed by atoms with van der Waals surface area (Å²) in [7, 11) is 0. The minimum absolute atomic E-state index is 0. The van der Waals surface area contributed by atoms with E-state index in [2.05, 4.69) is 10.3 Å². The van der Waals surface area contributed by atoms with Crippen LogP contribution in [0.4, 0.5) is 5.82 Å². The highest BCUT2D eigenvalue weighted by Gasteiger charge is 2.08. The van der Waals surface area contributed by atoms with Gasteiger partial charge in [0.1, 0.15) is 5.82 Å². The van der Waals surface area contributed by atoms with Gasteiger partial charge in [-0.15, -0.1) is 23.7 Å². The minimum Gasteiger partial charge on any atom is -0.369 e. The molecule has 0 saturated heterocycles. The molecule has 0 atom stereocenters. The summed E-state index contributed by atoms with van der Waals surface area (Å²) >= 11 is 1.75. The lowest BCUT2D eigenvalue weighted by molar-refractivity contribution is 0.837. The van der Waals surface area contributed by atoms with Crippen LogP contribution in [0.2, 0.25) is 0 Å². The quantitative estimate of drug-likeness (QED) is 0.654. The smallest absolute Gasteiger partial charge is 0.140 e. The Morgan fingerprint density at radius 3 is 3.30 bits per heavy atom. The lowest BCUT2D eigenvalue weighted by Crippen LogP contribution is -2.09. The van der Waals surface area contributed by atoms with Crippen molar-refractivity contribution in [2.75, 3.05) is 11.9 Å². The topological polar surface area (TPSA) is 24.9 Å². The summed E-state index contributed by atoms with van der Waals surface area (Å²) in [5, 5.41) is 3.24. The molecule has 0 saturated carbocycles. The maximum absolute atomic E-state index is 4.16. The molecule has 4 heteroatoms. The van der Waals surface area contributed by atoms with Crippen LogP contribution in [0.5, 0.6) is 0 Å². The van der Waals surface area contributed by atoms with Gasteiger partial charge >= 0.3 is 0 Å². The molecule has 10 heavy (non-hydrogen) atoms. The fraction of sp³-hybridized carbons (Fsp3) is 0.500. The molecular weight excluding hydrogens is 168 g/mol. The van der Waals surface area contributed by atoms with E-state index in [0.717, 1.165) is 12.4 Å². The van der Waals surface area contributed by atoms with Gasteiger partial charge in [0.25, 0.3) is 0 Å². The number of thiazole rings is 1. The number of aryl methyl sites for hydroxylation is 1. The second kappa shape index (κ2) is 3.21. The van der Waals surface area contributed by atoms with Crippen LogP contribution < -0.4 is 5.32 Å². The molecule has 1 aliphatic rings. The fourth-order valence-corrected chi connectivity index (χ4v) is 1.83. The van der Waals surface area contributed by atoms with Gasteiger partial charge < -0.3 is 5.32 Å². The van der Waals surface area contributed by atoms with E-state index < -0.39 is 0 Å². The Labute approximate surface area is 70.1 Å². The highest BCUT2D eigenvalue weighted by Crippen LogP contribution is 2.23. The summed E-state index contributed by atoms with van der Waals surface area (Å²) in [5.74, 6) is 1.12. The monoisotopic (exact) mass is 176 g/mol. The van der Waals surface area contributed by atoms with Crippen LogP contribution in [0, 0.1) is 0 Å². The number of aromatic nitrogens is 1. The van der Waals surface area contributed by atoms with Crippen molar-refractivity contribution in [1.29, 1.82) is 0 Å². The van der Waals surface area contributed by atoms with Crippen LogP contribution >= 0.6 is 23.7 Å². The molecule has 0 aromatic carbocycles. The summed E-state index contributed by atoms with van der Waals surface area (Å²) in [6, 6.07) is 0. The maximum Gasteiger partial charge on any atom is 0.140 e. The fourth-order valence-electron chi connectivity index (χ4n) is 1.05. The van der Waals surface area contributed by atoms with Crippen molar-refractivity contribution in [3.8, 4) is 0 Å². The van der Waals surface area contributed by atoms with Crippen LogP contribution in [-0.4, -0.2) is 11.5 Å². The summed E-state index contributed by atoms with van der Waals surface area (Å²) in [4.78, 5) is 5.58. The third kappa shape index (κ3) is 1.25. The largest absolute Gasteiger partial charge is 0.369 e. The molecule has 0 radical (unpaired) electrons. The summed E-state index contributed by atoms with van der Waals surface area (Å²) < 4.78 is 0. The molecule has 0 amide bonds. The molecule has 0 bridgehead atoms. The van der Waals surface area contributed by atoms with Crippen LogP contribution in [0.25, 0.3) is 0 Å². The van der Waals surface area contributed by atoms with Gasteiger partial charge in [-0.3, -0.25) is 0 Å². The first-order chi connectivity index (χ1) is 4.47. The summed E-state index contributed by atoms with van der Waals surface area (Å²) in [5.41, 5.74) is 1.91. The first-order valence-corrected chi connectivity index (χ1v) is 4.01. The zero-order valence-electron chi connectivity index (χ0n) is 5.46. The molecule has 0 fully saturated rings. The maximum atomic E-state index is 4.16. The van der Waals surface area contributed by atoms with Gasteiger partial charge in [0, 0.05) is 11.4 Å². The Balaban J connectivity index is 0.000000500. The number of halogens is 1. The first-order valence-electron chi connectivity index (χ1n) is 3.13. The Bertz CT molecular complexity index is 191. The summed E-state index contributed by atoms with van der Waals surface area (Å²) in [6.07, 6.45) is 2.47. The van der Waals surface area contributed by atoms with Gasteiger partial charge in [-0.1, -0.05) is 0 Å². The van der Waals surface area contributed by atoms with Crippen molar-refractivity contribution in [2.24, 2.45) is 0 Å². The Morgan fingerprint density at radius 1 is 1.60 bits per heavy atom. The van der Waals surface area contributed by atoms with Gasteiger partial charge in [-0.05, 0) is 12.8 Å². The van der Waals surface area contributed by atoms with E-state index >= 15 is 0 Å². The number of fused-ring (bicyclic) bond motifs is 1. The molecule has 1 aromatic heterocycles. The average molecular weight is 177 g/mol. The predicted octanol–water partition coefficient (Wildman–Crippen LogP) is 1.92. The number of nitrogens with zero attached hydrogens (tertiary/aromatic N) is 1. The SMILES string of the molecule is Cl.c1nc2c(s1)CCCN2. The van der Waals surface area contributed by atoms with E-state index in [1.807, 2.05) is 5.51 Å². The molecule has 0 unspecified atom stereocenters. The van der Waals surface area contributed by atoms with Crippen molar-refractivity contribution >= 4 is 29.6 Å². The lowest BCUT2D eigenvalue weighted by atomic mass is 10.2. The minimum atomic E-state index is 0. The van der Waals surface area contributed by atoms with Gasteiger partial charge in [0.2, 0.25) is 0 Å². The average Bonchev–Trinajstić information content (AvgIpc) is 2.33. The first kappa shape index (κ1) is 7.82. The van der Waals surface area contributed by atoms with Crippen molar-refractivity contribution < 1.29 is 0 Å². The Hall–Kier alpha value is -0.280. The number of hydrogen-bond acceptors (Lipinski definition) is 3. The zero-order chi connectivity index (χ0) is 6.10. The molecule has 2 rings (SSSR count). The Kier molecular flexibility index (Phi) is 2.51. The number of nitrogens with one attached hydrogen (secondary N) is 1. The van der Waals surface area contributed by atoms with E-state index in [9.17, 15) is 0 Å². The van der Waals surface area contributed by atoms with Gasteiger partial charge in [0.05, 0.1) is 5.51 Å². The van der Waals surface area contributed by atoms with Crippen molar-refractivity contribution in [3.63, 3.8) is 0 Å². The van der Waals surface area contributed by atoms with Crippen LogP contribution in [0.1, 0.15) is 11.3 Å². The predicted molar refractivity (Wildman–Crippen MR) is 46.2 cm³/mol. The standard InChI is InChI=1S/C6H8N2S.ClH/c1-2-5-6(7-3-1)8-4-9-5;/h4,7H,1-3H2;1H. The normalized spacial score (nSPS) is 14.8. The molecule has 2 heterocycles. The molecule has 0 aliphatic carbocycles. The highest BCUT2D eigenvalue weighted by atomic mass is 35.5. The lowest BCUT2D eigenvalue weighted by Gasteiger charge is -2.10. The third-order valence-electron chi connectivity index (χ3n) is 1.51. The van der Waals surface area contributed by atoms with Crippen LogP contribution in [0.15, 0.2) is 5.51 Å². The van der Waals surface area contributed by atoms with Crippen LogP contribution in [-0.2, 0) is 6.42 Å². The number of hydrogen-bond donors (Lipinski definition) is 1. The highest BCUT2D eigenvalue weighted by molar-refractivity contribution is 7.10. The van der Waals surface area contributed by atoms with E-state index in [4.69, 9.17) is 0 Å². The zero-order valence-corrected chi connectivity index (χ0v) is 7.10. The van der Waals surface area contributed by atoms with Gasteiger partial charge in [-0.2, -0.15) is 0 Å². The second-order valence-corrected chi connectivity index (χ2v) is 3.09. The van der Waals surface area contributed by atoms with Gasteiger partial charge in [0.15, 0.2) is 0 Å². The van der Waals surface area contributed by atoms with Crippen molar-refractivity contribution in [3.05, 3.63) is 10.4 Å². The molecule has 1 aromatic rings. The van der Waals surface area contributed by atoms with Crippen molar-refractivity contribution in [1.82, 2.24) is 4.98 Å². The van der Waals surface area contributed by atoms with Crippen LogP contribution in [0.3, 0.4) is 0 Å². The summed E-state index contributed by atoms with van der Waals surface area (Å²) in [6.45, 7) is 1.09. The van der Waals surface area contributed by atoms with E-state index in [1.165, 1.54) is 17.7 Å². The van der Waals surface area contributed by atoms with Gasteiger partial charge in [-0.25, -0.2) is 4.98 Å².